The number of amides is 3. The topological polar surface area (TPSA) is 116 Å². The SMILES string of the molecule is Cc1ccc(C(=O)N2CCN(C(=O)C3CCCO3)C2C(=O)NC(CC(=O)O)C2CCCCC2)cc1. The van der Waals surface area contributed by atoms with E-state index >= 15 is 0 Å². The van der Waals surface area contributed by atoms with Crippen molar-refractivity contribution < 1.29 is 29.0 Å². The van der Waals surface area contributed by atoms with E-state index < -0.39 is 30.2 Å². The molecule has 35 heavy (non-hydrogen) atoms. The molecular formula is C26H35N3O6. The van der Waals surface area contributed by atoms with Gasteiger partial charge in [-0.25, -0.2) is 0 Å². The number of carboxylic acids is 1. The van der Waals surface area contributed by atoms with Crippen LogP contribution in [-0.2, 0) is 19.1 Å². The second kappa shape index (κ2) is 11.2. The normalized spacial score (nSPS) is 23.8. The lowest BCUT2D eigenvalue weighted by molar-refractivity contribution is -0.149. The molecule has 2 N–H and O–H groups in total. The van der Waals surface area contributed by atoms with E-state index in [1.165, 1.54) is 9.80 Å². The minimum atomic E-state index is -1.14. The standard InChI is InChI=1S/C26H35N3O6/c1-17-9-11-19(12-10-17)25(33)28-13-14-29(26(34)21-8-5-15-35-21)24(28)23(32)27-20(16-22(30)31)18-6-3-2-4-7-18/h9-12,18,20-21,24H,2-8,13-16H2,1H3,(H,27,32)(H,30,31). The molecule has 3 fully saturated rings. The van der Waals surface area contributed by atoms with Crippen molar-refractivity contribution in [2.75, 3.05) is 19.7 Å². The summed E-state index contributed by atoms with van der Waals surface area (Å²) in [7, 11) is 0. The molecule has 4 rings (SSSR count). The number of nitrogens with one attached hydrogen (secondary N) is 1. The summed E-state index contributed by atoms with van der Waals surface area (Å²) in [6.07, 6.45) is 4.23. The Bertz CT molecular complexity index is 937. The van der Waals surface area contributed by atoms with Crippen molar-refractivity contribution in [1.29, 1.82) is 0 Å². The zero-order valence-corrected chi connectivity index (χ0v) is 20.3. The molecule has 0 spiro atoms. The highest BCUT2D eigenvalue weighted by Crippen LogP contribution is 2.29. The minimum Gasteiger partial charge on any atom is -0.481 e. The van der Waals surface area contributed by atoms with Gasteiger partial charge < -0.3 is 25.0 Å². The van der Waals surface area contributed by atoms with Gasteiger partial charge in [0.1, 0.15) is 6.10 Å². The number of carbonyl (C=O) groups is 4. The molecule has 190 valence electrons. The summed E-state index contributed by atoms with van der Waals surface area (Å²) >= 11 is 0. The van der Waals surface area contributed by atoms with Crippen molar-refractivity contribution in [2.24, 2.45) is 5.92 Å². The molecule has 9 heteroatoms. The van der Waals surface area contributed by atoms with Gasteiger partial charge in [-0.05, 0) is 50.7 Å². The molecule has 3 amide bonds. The van der Waals surface area contributed by atoms with E-state index in [0.29, 0.717) is 18.6 Å². The van der Waals surface area contributed by atoms with Crippen LogP contribution in [0.3, 0.4) is 0 Å². The molecule has 2 heterocycles. The Hall–Kier alpha value is -2.94. The molecule has 9 nitrogen and oxygen atoms in total. The Morgan fingerprint density at radius 1 is 1.00 bits per heavy atom. The first-order chi connectivity index (χ1) is 16.8. The maximum atomic E-state index is 13.7. The van der Waals surface area contributed by atoms with Crippen molar-refractivity contribution in [3.05, 3.63) is 35.4 Å². The molecule has 0 radical (unpaired) electrons. The Balaban J connectivity index is 1.58. The number of aliphatic carboxylic acids is 1. The van der Waals surface area contributed by atoms with Gasteiger partial charge in [-0.2, -0.15) is 0 Å². The zero-order valence-electron chi connectivity index (χ0n) is 20.3. The number of benzene rings is 1. The zero-order chi connectivity index (χ0) is 24.9. The third kappa shape index (κ3) is 5.83. The second-order valence-corrected chi connectivity index (χ2v) is 9.88. The molecule has 3 aliphatic rings. The molecule has 1 aliphatic carbocycles. The molecule has 1 aromatic carbocycles. The fourth-order valence-corrected chi connectivity index (χ4v) is 5.49. The van der Waals surface area contributed by atoms with E-state index in [2.05, 4.69) is 5.32 Å². The lowest BCUT2D eigenvalue weighted by atomic mass is 9.82. The third-order valence-corrected chi connectivity index (χ3v) is 7.40. The Kier molecular flexibility index (Phi) is 8.05. The number of rotatable bonds is 7. The van der Waals surface area contributed by atoms with Crippen LogP contribution in [0.1, 0.15) is 67.3 Å². The van der Waals surface area contributed by atoms with Crippen LogP contribution in [-0.4, -0.2) is 76.6 Å². The fraction of sp³-hybridized carbons (Fsp3) is 0.615. The Morgan fingerprint density at radius 3 is 2.31 bits per heavy atom. The van der Waals surface area contributed by atoms with Crippen molar-refractivity contribution in [1.82, 2.24) is 15.1 Å². The molecular weight excluding hydrogens is 450 g/mol. The van der Waals surface area contributed by atoms with Crippen LogP contribution in [0.25, 0.3) is 0 Å². The average molecular weight is 486 g/mol. The van der Waals surface area contributed by atoms with E-state index in [1.54, 1.807) is 12.1 Å². The number of hydrogen-bond acceptors (Lipinski definition) is 5. The van der Waals surface area contributed by atoms with Crippen LogP contribution >= 0.6 is 0 Å². The van der Waals surface area contributed by atoms with Gasteiger partial charge >= 0.3 is 5.97 Å². The average Bonchev–Trinajstić information content (AvgIpc) is 3.54. The van der Waals surface area contributed by atoms with E-state index in [4.69, 9.17) is 4.74 Å². The van der Waals surface area contributed by atoms with Crippen LogP contribution in [0.2, 0.25) is 0 Å². The number of nitrogens with zero attached hydrogens (tertiary/aromatic N) is 2. The van der Waals surface area contributed by atoms with Crippen molar-refractivity contribution >= 4 is 23.7 Å². The monoisotopic (exact) mass is 485 g/mol. The highest BCUT2D eigenvalue weighted by molar-refractivity contribution is 5.99. The number of aryl methyl sites for hydroxylation is 1. The smallest absolute Gasteiger partial charge is 0.305 e. The molecule has 3 atom stereocenters. The minimum absolute atomic E-state index is 0.0637. The third-order valence-electron chi connectivity index (χ3n) is 7.40. The van der Waals surface area contributed by atoms with E-state index in [1.807, 2.05) is 19.1 Å². The van der Waals surface area contributed by atoms with Crippen LogP contribution < -0.4 is 5.32 Å². The van der Waals surface area contributed by atoms with E-state index in [-0.39, 0.29) is 37.2 Å². The summed E-state index contributed by atoms with van der Waals surface area (Å²) in [5.74, 6) is -2.05. The van der Waals surface area contributed by atoms with E-state index in [0.717, 1.165) is 44.1 Å². The van der Waals surface area contributed by atoms with Crippen LogP contribution in [0, 0.1) is 12.8 Å². The summed E-state index contributed by atoms with van der Waals surface area (Å²) in [4.78, 5) is 54.8. The summed E-state index contributed by atoms with van der Waals surface area (Å²) in [6.45, 7) is 2.86. The van der Waals surface area contributed by atoms with Gasteiger partial charge in [-0.3, -0.25) is 19.2 Å². The molecule has 1 aromatic rings. The number of carboxylic acid groups (broad SMARTS) is 1. The highest BCUT2D eigenvalue weighted by Gasteiger charge is 2.46. The van der Waals surface area contributed by atoms with Crippen molar-refractivity contribution in [3.63, 3.8) is 0 Å². The maximum absolute atomic E-state index is 13.7. The first-order valence-corrected chi connectivity index (χ1v) is 12.7. The Labute approximate surface area is 205 Å². The van der Waals surface area contributed by atoms with Gasteiger partial charge in [0, 0.05) is 31.3 Å². The van der Waals surface area contributed by atoms with Gasteiger partial charge in [-0.1, -0.05) is 37.0 Å². The summed E-state index contributed by atoms with van der Waals surface area (Å²) in [5.41, 5.74) is 1.45. The van der Waals surface area contributed by atoms with Crippen LogP contribution in [0.15, 0.2) is 24.3 Å². The quantitative estimate of drug-likeness (QED) is 0.612. The predicted octanol–water partition coefficient (Wildman–Crippen LogP) is 2.32. The van der Waals surface area contributed by atoms with Crippen molar-refractivity contribution in [2.45, 2.75) is 76.6 Å². The molecule has 2 aliphatic heterocycles. The van der Waals surface area contributed by atoms with Crippen LogP contribution in [0.5, 0.6) is 0 Å². The summed E-state index contributed by atoms with van der Waals surface area (Å²) < 4.78 is 5.57. The van der Waals surface area contributed by atoms with Crippen molar-refractivity contribution in [3.8, 4) is 0 Å². The summed E-state index contributed by atoms with van der Waals surface area (Å²) in [6, 6.07) is 6.55. The lowest BCUT2D eigenvalue weighted by Crippen LogP contribution is -2.58. The summed E-state index contributed by atoms with van der Waals surface area (Å²) in [5, 5.41) is 12.4. The second-order valence-electron chi connectivity index (χ2n) is 9.88. The Morgan fingerprint density at radius 2 is 1.69 bits per heavy atom. The van der Waals surface area contributed by atoms with Crippen LogP contribution in [0.4, 0.5) is 0 Å². The maximum Gasteiger partial charge on any atom is 0.305 e. The van der Waals surface area contributed by atoms with E-state index in [9.17, 15) is 24.3 Å². The number of ether oxygens (including phenoxy) is 1. The van der Waals surface area contributed by atoms with Gasteiger partial charge in [-0.15, -0.1) is 0 Å². The molecule has 2 saturated heterocycles. The predicted molar refractivity (Wildman–Crippen MR) is 127 cm³/mol. The van der Waals surface area contributed by atoms with Gasteiger partial charge in [0.05, 0.1) is 6.42 Å². The molecule has 0 bridgehead atoms. The first kappa shape index (κ1) is 25.2. The molecule has 1 saturated carbocycles. The van der Waals surface area contributed by atoms with Gasteiger partial charge in [0.15, 0.2) is 6.17 Å². The lowest BCUT2D eigenvalue weighted by Gasteiger charge is -2.34. The van der Waals surface area contributed by atoms with Gasteiger partial charge in [0.2, 0.25) is 0 Å². The number of hydrogen-bond donors (Lipinski definition) is 2. The molecule has 0 aromatic heterocycles. The molecule has 3 unspecified atom stereocenters. The largest absolute Gasteiger partial charge is 0.481 e. The fourth-order valence-electron chi connectivity index (χ4n) is 5.49. The highest BCUT2D eigenvalue weighted by atomic mass is 16.5. The first-order valence-electron chi connectivity index (χ1n) is 12.7. The van der Waals surface area contributed by atoms with Gasteiger partial charge in [0.25, 0.3) is 17.7 Å². The number of carbonyl (C=O) groups excluding carboxylic acids is 3.